The highest BCUT2D eigenvalue weighted by Crippen LogP contribution is 2.35. The number of hydrogen-bond donors (Lipinski definition) is 0. The van der Waals surface area contributed by atoms with E-state index in [2.05, 4.69) is 0 Å². The zero-order chi connectivity index (χ0) is 19.1. The van der Waals surface area contributed by atoms with E-state index in [0.29, 0.717) is 5.75 Å². The van der Waals surface area contributed by atoms with Gasteiger partial charge >= 0.3 is 0 Å². The van der Waals surface area contributed by atoms with Gasteiger partial charge in [-0.1, -0.05) is 29.3 Å². The average molecular weight is 436 g/mol. The van der Waals surface area contributed by atoms with Crippen molar-refractivity contribution in [1.29, 1.82) is 0 Å². The molecule has 0 aromatic heterocycles. The van der Waals surface area contributed by atoms with E-state index in [1.54, 1.807) is 12.1 Å². The molecule has 1 fully saturated rings. The molecule has 3 rings (SSSR count). The normalized spacial score (nSPS) is 16.3. The Hall–Kier alpha value is -1.32. The highest BCUT2D eigenvalue weighted by Gasteiger charge is 2.45. The molecule has 0 amide bonds. The van der Waals surface area contributed by atoms with Crippen LogP contribution in [0.1, 0.15) is 0 Å². The van der Waals surface area contributed by atoms with Crippen molar-refractivity contribution in [2.24, 2.45) is 0 Å². The second-order valence-electron chi connectivity index (χ2n) is 5.72. The Morgan fingerprint density at radius 2 is 1.50 bits per heavy atom. The van der Waals surface area contributed by atoms with Crippen LogP contribution in [0.4, 0.5) is 0 Å². The van der Waals surface area contributed by atoms with E-state index in [0.717, 1.165) is 4.31 Å². The number of hydrogen-bond acceptors (Lipinski definition) is 5. The fourth-order valence-electron chi connectivity index (χ4n) is 2.61. The molecule has 140 valence electrons. The lowest BCUT2D eigenvalue weighted by molar-refractivity contribution is 0.309. The lowest BCUT2D eigenvalue weighted by Gasteiger charge is -2.37. The Morgan fingerprint density at radius 3 is 2.00 bits per heavy atom. The summed E-state index contributed by atoms with van der Waals surface area (Å²) in [6.07, 6.45) is 0. The van der Waals surface area contributed by atoms with E-state index in [4.69, 9.17) is 27.9 Å². The molecule has 1 aliphatic rings. The number of ether oxygens (including phenoxy) is 1. The first-order chi connectivity index (χ1) is 12.2. The van der Waals surface area contributed by atoms with Crippen LogP contribution >= 0.6 is 23.2 Å². The van der Waals surface area contributed by atoms with Crippen molar-refractivity contribution in [2.75, 3.05) is 20.2 Å². The molecule has 0 spiro atoms. The molecule has 0 saturated carbocycles. The van der Waals surface area contributed by atoms with Gasteiger partial charge in [0.15, 0.2) is 9.84 Å². The molecule has 2 aromatic rings. The van der Waals surface area contributed by atoms with Crippen molar-refractivity contribution in [3.05, 3.63) is 52.5 Å². The van der Waals surface area contributed by atoms with Gasteiger partial charge in [0.25, 0.3) is 0 Å². The van der Waals surface area contributed by atoms with E-state index < -0.39 is 25.1 Å². The number of rotatable bonds is 5. The van der Waals surface area contributed by atoms with Crippen LogP contribution in [0.3, 0.4) is 0 Å². The van der Waals surface area contributed by atoms with E-state index in [9.17, 15) is 16.8 Å². The van der Waals surface area contributed by atoms with Crippen LogP contribution in [-0.2, 0) is 19.9 Å². The van der Waals surface area contributed by atoms with Crippen molar-refractivity contribution in [3.63, 3.8) is 0 Å². The topological polar surface area (TPSA) is 80.8 Å². The first-order valence-electron chi connectivity index (χ1n) is 7.50. The fourth-order valence-corrected chi connectivity index (χ4v) is 7.07. The molecule has 1 aliphatic heterocycles. The van der Waals surface area contributed by atoms with Gasteiger partial charge in [0.1, 0.15) is 10.6 Å². The maximum atomic E-state index is 12.7. The summed E-state index contributed by atoms with van der Waals surface area (Å²) in [5, 5.41) is -0.829. The molecule has 1 heterocycles. The van der Waals surface area contributed by atoms with Gasteiger partial charge in [-0.2, -0.15) is 4.31 Å². The first-order valence-corrected chi connectivity index (χ1v) is 11.2. The van der Waals surface area contributed by atoms with Gasteiger partial charge in [0, 0.05) is 13.1 Å². The lowest BCUT2D eigenvalue weighted by atomic mass is 10.3. The molecule has 26 heavy (non-hydrogen) atoms. The van der Waals surface area contributed by atoms with Crippen LogP contribution in [-0.4, -0.2) is 46.6 Å². The number of benzene rings is 2. The second-order valence-corrected chi connectivity index (χ2v) is 10.6. The molecule has 2 aromatic carbocycles. The Balaban J connectivity index is 1.81. The third-order valence-corrected chi connectivity index (χ3v) is 9.05. The monoisotopic (exact) mass is 435 g/mol. The maximum Gasteiger partial charge on any atom is 0.246 e. The average Bonchev–Trinajstić information content (AvgIpc) is 2.52. The van der Waals surface area contributed by atoms with Gasteiger partial charge in [0.05, 0.1) is 27.3 Å². The minimum atomic E-state index is -3.96. The highest BCUT2D eigenvalue weighted by atomic mass is 35.5. The summed E-state index contributed by atoms with van der Waals surface area (Å²) in [6, 6.07) is 10.4. The predicted octanol–water partition coefficient (Wildman–Crippen LogP) is 2.85. The number of sulfone groups is 1. The second kappa shape index (κ2) is 7.01. The Labute approximate surface area is 162 Å². The summed E-state index contributed by atoms with van der Waals surface area (Å²) < 4.78 is 56.7. The van der Waals surface area contributed by atoms with Crippen molar-refractivity contribution in [3.8, 4) is 5.75 Å². The quantitative estimate of drug-likeness (QED) is 0.720. The molecular formula is C16H15Cl2NO5S2. The van der Waals surface area contributed by atoms with Crippen LogP contribution < -0.4 is 4.74 Å². The predicted molar refractivity (Wildman–Crippen MR) is 99.2 cm³/mol. The smallest absolute Gasteiger partial charge is 0.246 e. The summed E-state index contributed by atoms with van der Waals surface area (Å²) in [5.41, 5.74) is 0. The van der Waals surface area contributed by atoms with Gasteiger partial charge < -0.3 is 4.74 Å². The molecule has 0 radical (unpaired) electrons. The van der Waals surface area contributed by atoms with E-state index in [1.807, 2.05) is 0 Å². The summed E-state index contributed by atoms with van der Waals surface area (Å²) in [4.78, 5) is -0.0836. The molecule has 0 aliphatic carbocycles. The van der Waals surface area contributed by atoms with Crippen molar-refractivity contribution >= 4 is 43.1 Å². The number of halogens is 2. The Kier molecular flexibility index (Phi) is 5.24. The SMILES string of the molecule is COc1ccc(S(=O)(=O)C2CN(S(=O)(=O)c3c(Cl)cccc3Cl)C2)cc1. The minimum absolute atomic E-state index is 0.000962. The van der Waals surface area contributed by atoms with Gasteiger partial charge in [-0.3, -0.25) is 0 Å². The van der Waals surface area contributed by atoms with Gasteiger partial charge in [-0.15, -0.1) is 0 Å². The number of methoxy groups -OCH3 is 1. The number of nitrogens with zero attached hydrogens (tertiary/aromatic N) is 1. The minimum Gasteiger partial charge on any atom is -0.497 e. The zero-order valence-electron chi connectivity index (χ0n) is 13.6. The largest absolute Gasteiger partial charge is 0.497 e. The summed E-state index contributed by atoms with van der Waals surface area (Å²) >= 11 is 11.9. The number of sulfonamides is 1. The molecule has 0 atom stereocenters. The molecule has 0 unspecified atom stereocenters. The summed E-state index contributed by atoms with van der Waals surface area (Å²) in [7, 11) is -6.13. The van der Waals surface area contributed by atoms with Gasteiger partial charge in [0.2, 0.25) is 10.0 Å². The Morgan fingerprint density at radius 1 is 0.962 bits per heavy atom. The molecule has 10 heteroatoms. The van der Waals surface area contributed by atoms with E-state index in [1.165, 1.54) is 37.4 Å². The third-order valence-electron chi connectivity index (χ3n) is 4.16. The fraction of sp³-hybridized carbons (Fsp3) is 0.250. The van der Waals surface area contributed by atoms with Crippen LogP contribution in [0.5, 0.6) is 5.75 Å². The first kappa shape index (κ1) is 19.4. The van der Waals surface area contributed by atoms with Gasteiger partial charge in [-0.25, -0.2) is 16.8 Å². The molecule has 0 bridgehead atoms. The standard InChI is InChI=1S/C16H15Cl2NO5S2/c1-24-11-5-7-12(8-6-11)25(20,21)13-9-19(10-13)26(22,23)16-14(17)3-2-4-15(16)18/h2-8,13H,9-10H2,1H3. The summed E-state index contributed by atoms with van der Waals surface area (Å²) in [6.45, 7) is -0.309. The summed E-state index contributed by atoms with van der Waals surface area (Å²) in [5.74, 6) is 0.537. The van der Waals surface area contributed by atoms with Crippen LogP contribution in [0.2, 0.25) is 10.0 Å². The van der Waals surface area contributed by atoms with Gasteiger partial charge in [-0.05, 0) is 36.4 Å². The highest BCUT2D eigenvalue weighted by molar-refractivity contribution is 7.92. The van der Waals surface area contributed by atoms with Crippen molar-refractivity contribution in [2.45, 2.75) is 15.0 Å². The van der Waals surface area contributed by atoms with Crippen molar-refractivity contribution < 1.29 is 21.6 Å². The lowest BCUT2D eigenvalue weighted by Crippen LogP contribution is -2.56. The van der Waals surface area contributed by atoms with E-state index >= 15 is 0 Å². The molecule has 0 N–H and O–H groups in total. The third kappa shape index (κ3) is 3.32. The van der Waals surface area contributed by atoms with Crippen LogP contribution in [0.25, 0.3) is 0 Å². The van der Waals surface area contributed by atoms with Crippen LogP contribution in [0.15, 0.2) is 52.3 Å². The molecule has 6 nitrogen and oxygen atoms in total. The maximum absolute atomic E-state index is 12.7. The van der Waals surface area contributed by atoms with Crippen molar-refractivity contribution in [1.82, 2.24) is 4.31 Å². The Bertz CT molecular complexity index is 1010. The molecular weight excluding hydrogens is 421 g/mol. The zero-order valence-corrected chi connectivity index (χ0v) is 16.7. The van der Waals surface area contributed by atoms with Crippen LogP contribution in [0, 0.1) is 0 Å². The molecule has 1 saturated heterocycles. The van der Waals surface area contributed by atoms with E-state index in [-0.39, 0.29) is 32.9 Å².